The summed E-state index contributed by atoms with van der Waals surface area (Å²) in [7, 11) is 0. The molecule has 1 atom stereocenters. The van der Waals surface area contributed by atoms with E-state index in [1.54, 1.807) is 6.20 Å². The molecule has 2 rings (SSSR count). The van der Waals surface area contributed by atoms with Gasteiger partial charge in [-0.3, -0.25) is 0 Å². The standard InChI is InChI=1S/C14H22F3N3/c1-2-20-8-7-19-13(20)9-12(18)10-3-5-11(6-4-10)14(15,16)17/h7-8,10-12H,2-6,9,18H2,1H3. The molecule has 0 aromatic carbocycles. The summed E-state index contributed by atoms with van der Waals surface area (Å²) in [4.78, 5) is 4.28. The molecular formula is C14H22F3N3. The first kappa shape index (κ1) is 15.4. The topological polar surface area (TPSA) is 43.8 Å². The van der Waals surface area contributed by atoms with E-state index in [2.05, 4.69) is 4.98 Å². The van der Waals surface area contributed by atoms with Gasteiger partial charge in [-0.05, 0) is 38.5 Å². The van der Waals surface area contributed by atoms with Crippen LogP contribution in [-0.4, -0.2) is 21.8 Å². The van der Waals surface area contributed by atoms with Crippen LogP contribution in [0.2, 0.25) is 0 Å². The lowest BCUT2D eigenvalue weighted by Gasteiger charge is -2.33. The fourth-order valence-electron chi connectivity index (χ4n) is 3.07. The van der Waals surface area contributed by atoms with Gasteiger partial charge in [0, 0.05) is 31.4 Å². The summed E-state index contributed by atoms with van der Waals surface area (Å²) < 4.78 is 39.9. The summed E-state index contributed by atoms with van der Waals surface area (Å²) >= 11 is 0. The van der Waals surface area contributed by atoms with Crippen LogP contribution in [0.4, 0.5) is 13.2 Å². The average Bonchev–Trinajstić information content (AvgIpc) is 2.85. The molecule has 20 heavy (non-hydrogen) atoms. The summed E-state index contributed by atoms with van der Waals surface area (Å²) in [5.74, 6) is -0.0304. The number of nitrogens with zero attached hydrogens (tertiary/aromatic N) is 2. The SMILES string of the molecule is CCn1ccnc1CC(N)C1CCC(C(F)(F)F)CC1. The number of alkyl halides is 3. The van der Waals surface area contributed by atoms with Gasteiger partial charge < -0.3 is 10.3 Å². The number of aryl methyl sites for hydroxylation is 1. The van der Waals surface area contributed by atoms with E-state index in [1.807, 2.05) is 17.7 Å². The normalized spacial score (nSPS) is 25.6. The van der Waals surface area contributed by atoms with Crippen molar-refractivity contribution < 1.29 is 13.2 Å². The zero-order chi connectivity index (χ0) is 14.8. The van der Waals surface area contributed by atoms with Gasteiger partial charge >= 0.3 is 6.18 Å². The second-order valence-electron chi connectivity index (χ2n) is 5.65. The Hall–Kier alpha value is -1.04. The average molecular weight is 289 g/mol. The minimum Gasteiger partial charge on any atom is -0.335 e. The van der Waals surface area contributed by atoms with Crippen LogP contribution in [0.1, 0.15) is 38.4 Å². The molecule has 0 radical (unpaired) electrons. The first-order valence-corrected chi connectivity index (χ1v) is 7.24. The van der Waals surface area contributed by atoms with Crippen molar-refractivity contribution >= 4 is 0 Å². The van der Waals surface area contributed by atoms with Crippen LogP contribution in [-0.2, 0) is 13.0 Å². The lowest BCUT2D eigenvalue weighted by atomic mass is 9.77. The number of nitrogens with two attached hydrogens (primary N) is 1. The molecule has 0 saturated heterocycles. The van der Waals surface area contributed by atoms with Crippen molar-refractivity contribution in [3.63, 3.8) is 0 Å². The largest absolute Gasteiger partial charge is 0.391 e. The molecule has 1 aromatic rings. The zero-order valence-corrected chi connectivity index (χ0v) is 11.7. The third-order valence-corrected chi connectivity index (χ3v) is 4.40. The number of hydrogen-bond donors (Lipinski definition) is 1. The molecule has 3 nitrogen and oxygen atoms in total. The molecule has 1 aliphatic carbocycles. The van der Waals surface area contributed by atoms with E-state index in [4.69, 9.17) is 5.73 Å². The molecule has 1 heterocycles. The molecule has 2 N–H and O–H groups in total. The number of hydrogen-bond acceptors (Lipinski definition) is 2. The van der Waals surface area contributed by atoms with E-state index in [-0.39, 0.29) is 24.8 Å². The van der Waals surface area contributed by atoms with E-state index < -0.39 is 12.1 Å². The van der Waals surface area contributed by atoms with Crippen molar-refractivity contribution in [3.05, 3.63) is 18.2 Å². The van der Waals surface area contributed by atoms with Crippen molar-refractivity contribution in [2.45, 2.75) is 57.8 Å². The third-order valence-electron chi connectivity index (χ3n) is 4.40. The lowest BCUT2D eigenvalue weighted by Crippen LogP contribution is -2.38. The van der Waals surface area contributed by atoms with Gasteiger partial charge in [0.15, 0.2) is 0 Å². The maximum Gasteiger partial charge on any atom is 0.391 e. The summed E-state index contributed by atoms with van der Waals surface area (Å²) in [6.45, 7) is 2.87. The van der Waals surface area contributed by atoms with E-state index in [1.165, 1.54) is 0 Å². The van der Waals surface area contributed by atoms with E-state index in [9.17, 15) is 13.2 Å². The molecule has 1 saturated carbocycles. The molecule has 6 heteroatoms. The van der Waals surface area contributed by atoms with E-state index >= 15 is 0 Å². The Morgan fingerprint density at radius 1 is 1.35 bits per heavy atom. The van der Waals surface area contributed by atoms with Crippen molar-refractivity contribution in [1.82, 2.24) is 9.55 Å². The van der Waals surface area contributed by atoms with Crippen molar-refractivity contribution in [2.24, 2.45) is 17.6 Å². The molecule has 1 aromatic heterocycles. The Bertz CT molecular complexity index is 420. The Balaban J connectivity index is 1.87. The van der Waals surface area contributed by atoms with Gasteiger partial charge in [-0.15, -0.1) is 0 Å². The Morgan fingerprint density at radius 3 is 2.55 bits per heavy atom. The molecule has 0 aliphatic heterocycles. The molecule has 0 amide bonds. The monoisotopic (exact) mass is 289 g/mol. The van der Waals surface area contributed by atoms with E-state index in [0.29, 0.717) is 19.3 Å². The van der Waals surface area contributed by atoms with Crippen molar-refractivity contribution in [2.75, 3.05) is 0 Å². The second kappa shape index (κ2) is 6.16. The summed E-state index contributed by atoms with van der Waals surface area (Å²) in [6, 6.07) is -0.100. The van der Waals surface area contributed by atoms with Crippen LogP contribution in [0.25, 0.3) is 0 Å². The summed E-state index contributed by atoms with van der Waals surface area (Å²) in [5, 5.41) is 0. The van der Waals surface area contributed by atoms with Gasteiger partial charge in [-0.2, -0.15) is 13.2 Å². The molecule has 1 unspecified atom stereocenters. The first-order valence-electron chi connectivity index (χ1n) is 7.24. The van der Waals surface area contributed by atoms with Gasteiger partial charge in [0.1, 0.15) is 5.82 Å². The number of rotatable bonds is 4. The minimum atomic E-state index is -4.05. The summed E-state index contributed by atoms with van der Waals surface area (Å²) in [5.41, 5.74) is 6.18. The summed E-state index contributed by atoms with van der Waals surface area (Å²) in [6.07, 6.45) is 1.80. The van der Waals surface area contributed by atoms with Crippen LogP contribution < -0.4 is 5.73 Å². The second-order valence-corrected chi connectivity index (χ2v) is 5.65. The fourth-order valence-corrected chi connectivity index (χ4v) is 3.07. The minimum absolute atomic E-state index is 0.100. The van der Waals surface area contributed by atoms with Gasteiger partial charge in [0.05, 0.1) is 5.92 Å². The molecule has 114 valence electrons. The molecule has 1 fully saturated rings. The Morgan fingerprint density at radius 2 is 2.00 bits per heavy atom. The Kier molecular flexibility index (Phi) is 4.73. The lowest BCUT2D eigenvalue weighted by molar-refractivity contribution is -0.184. The fraction of sp³-hybridized carbons (Fsp3) is 0.786. The predicted molar refractivity (Wildman–Crippen MR) is 71.1 cm³/mol. The highest BCUT2D eigenvalue weighted by molar-refractivity contribution is 4.97. The first-order chi connectivity index (χ1) is 9.41. The third kappa shape index (κ3) is 3.53. The van der Waals surface area contributed by atoms with Crippen molar-refractivity contribution in [1.29, 1.82) is 0 Å². The van der Waals surface area contributed by atoms with Crippen LogP contribution in [0.15, 0.2) is 12.4 Å². The smallest absolute Gasteiger partial charge is 0.335 e. The van der Waals surface area contributed by atoms with Crippen LogP contribution in [0, 0.1) is 11.8 Å². The number of aromatic nitrogens is 2. The highest BCUT2D eigenvalue weighted by Crippen LogP contribution is 2.40. The molecular weight excluding hydrogens is 267 g/mol. The molecule has 1 aliphatic rings. The van der Waals surface area contributed by atoms with Crippen LogP contribution >= 0.6 is 0 Å². The molecule has 0 bridgehead atoms. The van der Waals surface area contributed by atoms with Gasteiger partial charge in [-0.25, -0.2) is 4.98 Å². The Labute approximate surface area is 117 Å². The number of imidazole rings is 1. The highest BCUT2D eigenvalue weighted by Gasteiger charge is 2.42. The quantitative estimate of drug-likeness (QED) is 0.925. The van der Waals surface area contributed by atoms with E-state index in [0.717, 1.165) is 12.4 Å². The molecule has 0 spiro atoms. The highest BCUT2D eigenvalue weighted by atomic mass is 19.4. The predicted octanol–water partition coefficient (Wildman–Crippen LogP) is 3.14. The number of halogens is 3. The van der Waals surface area contributed by atoms with Gasteiger partial charge in [0.25, 0.3) is 0 Å². The van der Waals surface area contributed by atoms with Gasteiger partial charge in [-0.1, -0.05) is 0 Å². The zero-order valence-electron chi connectivity index (χ0n) is 11.7. The van der Waals surface area contributed by atoms with Crippen molar-refractivity contribution in [3.8, 4) is 0 Å². The van der Waals surface area contributed by atoms with Gasteiger partial charge in [0.2, 0.25) is 0 Å². The van der Waals surface area contributed by atoms with Crippen LogP contribution in [0.3, 0.4) is 0 Å². The van der Waals surface area contributed by atoms with Crippen LogP contribution in [0.5, 0.6) is 0 Å². The maximum absolute atomic E-state index is 12.6. The maximum atomic E-state index is 12.6.